The molecule has 0 spiro atoms. The van der Waals surface area contributed by atoms with E-state index in [2.05, 4.69) is 10.6 Å². The van der Waals surface area contributed by atoms with Gasteiger partial charge in [0, 0.05) is 0 Å². The normalized spacial score (nSPS) is 15.0. The van der Waals surface area contributed by atoms with Crippen LogP contribution in [0.1, 0.15) is 40.0 Å². The lowest BCUT2D eigenvalue weighted by Gasteiger charge is -2.21. The summed E-state index contributed by atoms with van der Waals surface area (Å²) in [5, 5.41) is 14.0. The van der Waals surface area contributed by atoms with E-state index >= 15 is 0 Å². The number of nitrogens with one attached hydrogen (secondary N) is 2. The average molecular weight is 316 g/mol. The first-order chi connectivity index (χ1) is 10.2. The second kappa shape index (κ2) is 10.1. The summed E-state index contributed by atoms with van der Waals surface area (Å²) in [7, 11) is 0. The minimum Gasteiger partial charge on any atom is -0.480 e. The zero-order valence-electron chi connectivity index (χ0n) is 13.5. The molecular formula is C14H28N4O4. The summed E-state index contributed by atoms with van der Waals surface area (Å²) in [6.07, 6.45) is 1.59. The number of carbonyl (C=O) groups is 3. The zero-order valence-corrected chi connectivity index (χ0v) is 13.5. The SMILES string of the molecule is CC(C)C(N)C(=O)N[C@@H](C)C(=O)N[C@@H](CCCCN)C(=O)O. The summed E-state index contributed by atoms with van der Waals surface area (Å²) in [6, 6.07) is -2.55. The van der Waals surface area contributed by atoms with Gasteiger partial charge >= 0.3 is 5.97 Å². The molecule has 0 rings (SSSR count). The fraction of sp³-hybridized carbons (Fsp3) is 0.786. The summed E-state index contributed by atoms with van der Waals surface area (Å²) in [4.78, 5) is 34.9. The summed E-state index contributed by atoms with van der Waals surface area (Å²) in [5.74, 6) is -2.15. The van der Waals surface area contributed by atoms with Crippen LogP contribution in [-0.4, -0.2) is 47.6 Å². The van der Waals surface area contributed by atoms with Crippen LogP contribution in [0.2, 0.25) is 0 Å². The largest absolute Gasteiger partial charge is 0.480 e. The Morgan fingerprint density at radius 1 is 1.05 bits per heavy atom. The molecule has 2 amide bonds. The van der Waals surface area contributed by atoms with Gasteiger partial charge in [-0.1, -0.05) is 13.8 Å². The van der Waals surface area contributed by atoms with Gasteiger partial charge < -0.3 is 27.2 Å². The highest BCUT2D eigenvalue weighted by atomic mass is 16.4. The Kier molecular flexibility index (Phi) is 9.35. The lowest BCUT2D eigenvalue weighted by Crippen LogP contribution is -2.54. The standard InChI is InChI=1S/C14H28N4O4/c1-8(2)11(16)13(20)17-9(3)12(19)18-10(14(21)22)6-4-5-7-15/h8-11H,4-7,15-16H2,1-3H3,(H,17,20)(H,18,19)(H,21,22)/t9-,10-,11?/m0/s1. The third-order valence-electron chi connectivity index (χ3n) is 3.33. The maximum absolute atomic E-state index is 12.0. The van der Waals surface area contributed by atoms with Crippen molar-refractivity contribution in [3.05, 3.63) is 0 Å². The molecule has 8 nitrogen and oxygen atoms in total. The molecule has 0 radical (unpaired) electrons. The number of hydrogen-bond donors (Lipinski definition) is 5. The minimum absolute atomic E-state index is 0.0571. The first kappa shape index (κ1) is 20.3. The fourth-order valence-corrected chi connectivity index (χ4v) is 1.72. The number of aliphatic carboxylic acids is 1. The molecule has 0 heterocycles. The molecule has 3 atom stereocenters. The van der Waals surface area contributed by atoms with Crippen molar-refractivity contribution in [3.63, 3.8) is 0 Å². The van der Waals surface area contributed by atoms with Crippen LogP contribution < -0.4 is 22.1 Å². The van der Waals surface area contributed by atoms with E-state index in [1.807, 2.05) is 0 Å². The van der Waals surface area contributed by atoms with Crippen molar-refractivity contribution in [1.29, 1.82) is 0 Å². The molecule has 8 heteroatoms. The number of hydrogen-bond acceptors (Lipinski definition) is 5. The van der Waals surface area contributed by atoms with Gasteiger partial charge in [0.2, 0.25) is 11.8 Å². The van der Waals surface area contributed by atoms with Gasteiger partial charge in [0.05, 0.1) is 6.04 Å². The molecule has 7 N–H and O–H groups in total. The molecule has 0 aliphatic carbocycles. The fourth-order valence-electron chi connectivity index (χ4n) is 1.72. The van der Waals surface area contributed by atoms with E-state index < -0.39 is 35.9 Å². The second-order valence-electron chi connectivity index (χ2n) is 5.68. The summed E-state index contributed by atoms with van der Waals surface area (Å²) < 4.78 is 0. The van der Waals surface area contributed by atoms with Gasteiger partial charge in [-0.05, 0) is 38.6 Å². The Bertz CT molecular complexity index is 387. The van der Waals surface area contributed by atoms with E-state index in [0.29, 0.717) is 25.8 Å². The van der Waals surface area contributed by atoms with Crippen LogP contribution in [0.4, 0.5) is 0 Å². The predicted molar refractivity (Wildman–Crippen MR) is 82.9 cm³/mol. The first-order valence-electron chi connectivity index (χ1n) is 7.49. The maximum atomic E-state index is 12.0. The molecule has 0 aromatic carbocycles. The number of carboxylic acid groups (broad SMARTS) is 1. The number of carboxylic acids is 1. The number of carbonyl (C=O) groups excluding carboxylic acids is 2. The smallest absolute Gasteiger partial charge is 0.326 e. The Labute approximate surface area is 131 Å². The molecule has 22 heavy (non-hydrogen) atoms. The van der Waals surface area contributed by atoms with Crippen molar-refractivity contribution in [1.82, 2.24) is 10.6 Å². The molecular weight excluding hydrogens is 288 g/mol. The first-order valence-corrected chi connectivity index (χ1v) is 7.49. The van der Waals surface area contributed by atoms with Crippen LogP contribution in [-0.2, 0) is 14.4 Å². The van der Waals surface area contributed by atoms with Crippen molar-refractivity contribution >= 4 is 17.8 Å². The summed E-state index contributed by atoms with van der Waals surface area (Å²) in [6.45, 7) is 5.55. The Morgan fingerprint density at radius 3 is 2.09 bits per heavy atom. The van der Waals surface area contributed by atoms with E-state index in [1.165, 1.54) is 6.92 Å². The van der Waals surface area contributed by atoms with Crippen LogP contribution in [0.5, 0.6) is 0 Å². The van der Waals surface area contributed by atoms with Crippen LogP contribution in [0, 0.1) is 5.92 Å². The average Bonchev–Trinajstić information content (AvgIpc) is 2.44. The van der Waals surface area contributed by atoms with Crippen molar-refractivity contribution in [2.75, 3.05) is 6.54 Å². The van der Waals surface area contributed by atoms with Gasteiger partial charge in [-0.25, -0.2) is 4.79 Å². The molecule has 0 saturated carbocycles. The molecule has 128 valence electrons. The van der Waals surface area contributed by atoms with E-state index in [0.717, 1.165) is 0 Å². The third kappa shape index (κ3) is 7.37. The molecule has 0 bridgehead atoms. The number of rotatable bonds is 10. The lowest BCUT2D eigenvalue weighted by molar-refractivity contribution is -0.142. The Hall–Kier alpha value is -1.67. The number of nitrogens with two attached hydrogens (primary N) is 2. The second-order valence-corrected chi connectivity index (χ2v) is 5.68. The van der Waals surface area contributed by atoms with Gasteiger partial charge in [0.15, 0.2) is 0 Å². The van der Waals surface area contributed by atoms with Crippen molar-refractivity contribution < 1.29 is 19.5 Å². The molecule has 0 fully saturated rings. The minimum atomic E-state index is -1.11. The van der Waals surface area contributed by atoms with Crippen molar-refractivity contribution in [2.24, 2.45) is 17.4 Å². The quantitative estimate of drug-likeness (QED) is 0.332. The number of amides is 2. The van der Waals surface area contributed by atoms with Crippen molar-refractivity contribution in [2.45, 2.75) is 58.2 Å². The predicted octanol–water partition coefficient (Wildman–Crippen LogP) is -0.827. The van der Waals surface area contributed by atoms with Gasteiger partial charge in [-0.3, -0.25) is 9.59 Å². The van der Waals surface area contributed by atoms with Crippen LogP contribution >= 0.6 is 0 Å². The molecule has 1 unspecified atom stereocenters. The number of unbranched alkanes of at least 4 members (excludes halogenated alkanes) is 1. The highest BCUT2D eigenvalue weighted by Crippen LogP contribution is 2.02. The van der Waals surface area contributed by atoms with Crippen LogP contribution in [0.15, 0.2) is 0 Å². The van der Waals surface area contributed by atoms with Gasteiger partial charge in [-0.15, -0.1) is 0 Å². The topological polar surface area (TPSA) is 148 Å². The highest BCUT2D eigenvalue weighted by molar-refractivity contribution is 5.91. The molecule has 0 saturated heterocycles. The van der Waals surface area contributed by atoms with Crippen molar-refractivity contribution in [3.8, 4) is 0 Å². The van der Waals surface area contributed by atoms with Crippen LogP contribution in [0.25, 0.3) is 0 Å². The van der Waals surface area contributed by atoms with Gasteiger partial charge in [0.25, 0.3) is 0 Å². The maximum Gasteiger partial charge on any atom is 0.326 e. The van der Waals surface area contributed by atoms with Crippen LogP contribution in [0.3, 0.4) is 0 Å². The highest BCUT2D eigenvalue weighted by Gasteiger charge is 2.25. The Balaban J connectivity index is 4.47. The van der Waals surface area contributed by atoms with E-state index in [4.69, 9.17) is 16.6 Å². The monoisotopic (exact) mass is 316 g/mol. The van der Waals surface area contributed by atoms with E-state index in [9.17, 15) is 14.4 Å². The molecule has 0 aromatic heterocycles. The summed E-state index contributed by atoms with van der Waals surface area (Å²) >= 11 is 0. The lowest BCUT2D eigenvalue weighted by atomic mass is 10.0. The molecule has 0 aliphatic rings. The van der Waals surface area contributed by atoms with E-state index in [-0.39, 0.29) is 5.92 Å². The van der Waals surface area contributed by atoms with Gasteiger partial charge in [-0.2, -0.15) is 0 Å². The summed E-state index contributed by atoms with van der Waals surface area (Å²) in [5.41, 5.74) is 11.0. The van der Waals surface area contributed by atoms with E-state index in [1.54, 1.807) is 13.8 Å². The Morgan fingerprint density at radius 2 is 1.64 bits per heavy atom. The third-order valence-corrected chi connectivity index (χ3v) is 3.33. The van der Waals surface area contributed by atoms with Gasteiger partial charge in [0.1, 0.15) is 12.1 Å². The molecule has 0 aliphatic heterocycles. The zero-order chi connectivity index (χ0) is 17.3. The molecule has 0 aromatic rings.